The molecule has 0 spiro atoms. The van der Waals surface area contributed by atoms with E-state index < -0.39 is 0 Å². The van der Waals surface area contributed by atoms with E-state index in [-0.39, 0.29) is 5.91 Å². The number of nitrogens with zero attached hydrogens (tertiary/aromatic N) is 4. The van der Waals surface area contributed by atoms with Gasteiger partial charge in [-0.2, -0.15) is 0 Å². The van der Waals surface area contributed by atoms with E-state index >= 15 is 0 Å². The largest absolute Gasteiger partial charge is 0.491 e. The first-order valence-corrected chi connectivity index (χ1v) is 9.85. The molecule has 1 amide bonds. The van der Waals surface area contributed by atoms with Crippen LogP contribution in [0.4, 0.5) is 0 Å². The van der Waals surface area contributed by atoms with Crippen LogP contribution in [0, 0.1) is 0 Å². The minimum absolute atomic E-state index is 0.0684. The second kappa shape index (κ2) is 8.52. The number of hydrogen-bond donors (Lipinski definition) is 0. The van der Waals surface area contributed by atoms with Crippen LogP contribution in [0.5, 0.6) is 5.75 Å². The van der Waals surface area contributed by atoms with Crippen molar-refractivity contribution in [3.63, 3.8) is 0 Å². The molecule has 27 heavy (non-hydrogen) atoms. The van der Waals surface area contributed by atoms with Crippen LogP contribution in [-0.4, -0.2) is 65.0 Å². The predicted octanol–water partition coefficient (Wildman–Crippen LogP) is 2.84. The van der Waals surface area contributed by atoms with Gasteiger partial charge < -0.3 is 19.0 Å². The normalized spacial score (nSPS) is 18.5. The summed E-state index contributed by atoms with van der Waals surface area (Å²) in [5.41, 5.74) is 1.08. The Bertz CT molecular complexity index is 770. The van der Waals surface area contributed by atoms with Crippen molar-refractivity contribution in [2.24, 2.45) is 0 Å². The molecule has 2 aliphatic rings. The zero-order valence-electron chi connectivity index (χ0n) is 15.6. The third kappa shape index (κ3) is 4.30. The summed E-state index contributed by atoms with van der Waals surface area (Å²) in [6.07, 6.45) is 10.4. The molecule has 0 aliphatic carbocycles. The van der Waals surface area contributed by atoms with Crippen molar-refractivity contribution in [3.05, 3.63) is 30.4 Å². The number of ether oxygens (including phenoxy) is 1. The fourth-order valence-electron chi connectivity index (χ4n) is 3.75. The third-order valence-electron chi connectivity index (χ3n) is 5.21. The van der Waals surface area contributed by atoms with Crippen LogP contribution >= 0.6 is 0 Å². The molecule has 7 heteroatoms. The van der Waals surface area contributed by atoms with E-state index in [1.165, 1.54) is 38.6 Å². The number of oxazole rings is 1. The molecule has 4 heterocycles. The fourth-order valence-corrected chi connectivity index (χ4v) is 3.75. The first-order chi connectivity index (χ1) is 13.3. The molecule has 1 fully saturated rings. The topological polar surface area (TPSA) is 71.7 Å². The molecule has 2 aromatic heterocycles. The number of carbonyl (C=O) groups excluding carboxylic acids is 1. The maximum atomic E-state index is 12.9. The Kier molecular flexibility index (Phi) is 5.67. The Hall–Kier alpha value is -2.41. The maximum absolute atomic E-state index is 12.9. The number of piperidine rings is 1. The van der Waals surface area contributed by atoms with Crippen molar-refractivity contribution in [1.29, 1.82) is 0 Å². The highest BCUT2D eigenvalue weighted by atomic mass is 16.5. The van der Waals surface area contributed by atoms with E-state index in [0.29, 0.717) is 30.5 Å². The SMILES string of the molecule is O=C1c2coc(n2)-c2ccncc2OCCCN1CCCN1CCCCC1. The molecule has 2 aliphatic heterocycles. The van der Waals surface area contributed by atoms with Gasteiger partial charge in [0.05, 0.1) is 18.4 Å². The van der Waals surface area contributed by atoms with Gasteiger partial charge in [0.1, 0.15) is 12.0 Å². The van der Waals surface area contributed by atoms with Gasteiger partial charge in [0, 0.05) is 19.3 Å². The number of aromatic nitrogens is 2. The van der Waals surface area contributed by atoms with Crippen molar-refractivity contribution in [2.75, 3.05) is 39.3 Å². The molecule has 4 rings (SSSR count). The lowest BCUT2D eigenvalue weighted by molar-refractivity contribution is 0.0731. The van der Waals surface area contributed by atoms with Gasteiger partial charge in [-0.1, -0.05) is 6.42 Å². The van der Waals surface area contributed by atoms with Crippen LogP contribution in [0.2, 0.25) is 0 Å². The molecule has 144 valence electrons. The molecule has 1 saturated heterocycles. The van der Waals surface area contributed by atoms with Crippen LogP contribution in [0.3, 0.4) is 0 Å². The minimum atomic E-state index is -0.0684. The molecule has 0 saturated carbocycles. The highest BCUT2D eigenvalue weighted by Gasteiger charge is 2.23. The van der Waals surface area contributed by atoms with Gasteiger partial charge in [0.25, 0.3) is 5.91 Å². The van der Waals surface area contributed by atoms with E-state index in [2.05, 4.69) is 14.9 Å². The van der Waals surface area contributed by atoms with Crippen molar-refractivity contribution < 1.29 is 13.9 Å². The fraction of sp³-hybridized carbons (Fsp3) is 0.550. The van der Waals surface area contributed by atoms with Gasteiger partial charge >= 0.3 is 0 Å². The Balaban J connectivity index is 1.45. The maximum Gasteiger partial charge on any atom is 0.275 e. The lowest BCUT2D eigenvalue weighted by Crippen LogP contribution is -2.37. The van der Waals surface area contributed by atoms with E-state index in [1.807, 2.05) is 4.90 Å². The first-order valence-electron chi connectivity index (χ1n) is 9.85. The number of hydrogen-bond acceptors (Lipinski definition) is 6. The zero-order valence-corrected chi connectivity index (χ0v) is 15.6. The number of carbonyl (C=O) groups is 1. The standard InChI is InChI=1S/C20H26N4O3/c25-20-17-15-27-19(22-17)16-6-7-21-14-18(16)26-13-5-12-24(20)11-4-10-23-8-2-1-3-9-23/h6-7,14-15H,1-5,8-13H2. The summed E-state index contributed by atoms with van der Waals surface area (Å²) in [5.74, 6) is 0.962. The van der Waals surface area contributed by atoms with Gasteiger partial charge in [0.2, 0.25) is 5.89 Å². The molecule has 0 unspecified atom stereocenters. The summed E-state index contributed by atoms with van der Waals surface area (Å²) in [4.78, 5) is 25.8. The Morgan fingerprint density at radius 3 is 2.85 bits per heavy atom. The number of rotatable bonds is 4. The Labute approximate surface area is 159 Å². The predicted molar refractivity (Wildman–Crippen MR) is 101 cm³/mol. The smallest absolute Gasteiger partial charge is 0.275 e. The average Bonchev–Trinajstić information content (AvgIpc) is 3.19. The number of pyridine rings is 1. The Morgan fingerprint density at radius 1 is 1.07 bits per heavy atom. The van der Waals surface area contributed by atoms with Gasteiger partial charge in [-0.05, 0) is 51.4 Å². The van der Waals surface area contributed by atoms with E-state index in [4.69, 9.17) is 9.15 Å². The summed E-state index contributed by atoms with van der Waals surface area (Å²) < 4.78 is 11.4. The lowest BCUT2D eigenvalue weighted by Gasteiger charge is -2.28. The van der Waals surface area contributed by atoms with Crippen LogP contribution < -0.4 is 4.74 Å². The minimum Gasteiger partial charge on any atom is -0.491 e. The lowest BCUT2D eigenvalue weighted by atomic mass is 10.1. The quantitative estimate of drug-likeness (QED) is 0.824. The molecule has 7 nitrogen and oxygen atoms in total. The van der Waals surface area contributed by atoms with Gasteiger partial charge in [-0.25, -0.2) is 4.98 Å². The summed E-state index contributed by atoms with van der Waals surface area (Å²) >= 11 is 0. The third-order valence-corrected chi connectivity index (χ3v) is 5.21. The van der Waals surface area contributed by atoms with Crippen molar-refractivity contribution in [3.8, 4) is 17.2 Å². The second-order valence-corrected chi connectivity index (χ2v) is 7.16. The van der Waals surface area contributed by atoms with E-state index in [9.17, 15) is 4.79 Å². The second-order valence-electron chi connectivity index (χ2n) is 7.16. The molecule has 0 N–H and O–H groups in total. The average molecular weight is 370 g/mol. The monoisotopic (exact) mass is 370 g/mol. The molecule has 0 atom stereocenters. The van der Waals surface area contributed by atoms with Gasteiger partial charge in [-0.3, -0.25) is 9.78 Å². The molecular weight excluding hydrogens is 344 g/mol. The van der Waals surface area contributed by atoms with Crippen LogP contribution in [0.15, 0.2) is 29.1 Å². The van der Waals surface area contributed by atoms with Crippen molar-refractivity contribution in [1.82, 2.24) is 19.8 Å². The first kappa shape index (κ1) is 18.0. The number of fused-ring (bicyclic) bond motifs is 4. The van der Waals surface area contributed by atoms with E-state index in [0.717, 1.165) is 31.5 Å². The highest BCUT2D eigenvalue weighted by molar-refractivity contribution is 5.92. The van der Waals surface area contributed by atoms with Crippen molar-refractivity contribution >= 4 is 5.91 Å². The van der Waals surface area contributed by atoms with Gasteiger partial charge in [-0.15, -0.1) is 0 Å². The molecular formula is C20H26N4O3. The molecule has 0 aromatic carbocycles. The molecule has 2 bridgehead atoms. The van der Waals surface area contributed by atoms with Gasteiger partial charge in [0.15, 0.2) is 5.69 Å². The Morgan fingerprint density at radius 2 is 1.96 bits per heavy atom. The molecule has 2 aromatic rings. The van der Waals surface area contributed by atoms with Crippen molar-refractivity contribution in [2.45, 2.75) is 32.1 Å². The number of amides is 1. The number of likely N-dealkylation sites (tertiary alicyclic amines) is 1. The van der Waals surface area contributed by atoms with Crippen LogP contribution in [0.25, 0.3) is 11.5 Å². The summed E-state index contributed by atoms with van der Waals surface area (Å²) in [6.45, 7) is 5.31. The summed E-state index contributed by atoms with van der Waals surface area (Å²) in [6, 6.07) is 1.80. The van der Waals surface area contributed by atoms with E-state index in [1.54, 1.807) is 18.5 Å². The zero-order chi connectivity index (χ0) is 18.5. The molecule has 0 radical (unpaired) electrons. The van der Waals surface area contributed by atoms with Crippen LogP contribution in [-0.2, 0) is 0 Å². The summed E-state index contributed by atoms with van der Waals surface area (Å²) in [5, 5.41) is 0. The van der Waals surface area contributed by atoms with Crippen LogP contribution in [0.1, 0.15) is 42.6 Å². The highest BCUT2D eigenvalue weighted by Crippen LogP contribution is 2.29. The summed E-state index contributed by atoms with van der Waals surface area (Å²) in [7, 11) is 0.